The fourth-order valence-corrected chi connectivity index (χ4v) is 6.26. The molecule has 0 amide bonds. The predicted molar refractivity (Wildman–Crippen MR) is 120 cm³/mol. The van der Waals surface area contributed by atoms with Crippen LogP contribution in [-0.2, 0) is 19.5 Å². The van der Waals surface area contributed by atoms with Gasteiger partial charge in [0.05, 0.1) is 29.8 Å². The first-order valence-electron chi connectivity index (χ1n) is 10.8. The van der Waals surface area contributed by atoms with E-state index in [0.29, 0.717) is 44.0 Å². The van der Waals surface area contributed by atoms with Crippen LogP contribution in [0.3, 0.4) is 0 Å². The Labute approximate surface area is 183 Å². The third-order valence-corrected chi connectivity index (χ3v) is 8.34. The molecule has 2 aliphatic heterocycles. The van der Waals surface area contributed by atoms with Crippen molar-refractivity contribution in [3.8, 4) is 0 Å². The molecule has 2 saturated heterocycles. The Balaban J connectivity index is 1.42. The summed E-state index contributed by atoms with van der Waals surface area (Å²) in [5.74, 6) is 0. The van der Waals surface area contributed by atoms with E-state index in [-0.39, 0.29) is 6.10 Å². The first kappa shape index (κ1) is 20.6. The minimum Gasteiger partial charge on any atom is -0.373 e. The molecule has 2 aliphatic rings. The minimum atomic E-state index is -3.56. The van der Waals surface area contributed by atoms with Crippen LogP contribution in [0.5, 0.6) is 0 Å². The molecule has 0 aliphatic carbocycles. The van der Waals surface area contributed by atoms with Crippen molar-refractivity contribution in [2.45, 2.75) is 36.4 Å². The van der Waals surface area contributed by atoms with Crippen molar-refractivity contribution in [1.82, 2.24) is 4.31 Å². The van der Waals surface area contributed by atoms with Crippen LogP contribution in [0.4, 0.5) is 0 Å². The van der Waals surface area contributed by atoms with Crippen LogP contribution in [0.2, 0.25) is 0 Å². The van der Waals surface area contributed by atoms with E-state index < -0.39 is 15.6 Å². The number of hydrogen-bond donors (Lipinski definition) is 0. The third-order valence-electron chi connectivity index (χ3n) is 6.48. The van der Waals surface area contributed by atoms with Crippen molar-refractivity contribution in [3.63, 3.8) is 0 Å². The Morgan fingerprint density at radius 1 is 0.968 bits per heavy atom. The number of aryl methyl sites for hydroxylation is 1. The first-order valence-corrected chi connectivity index (χ1v) is 12.2. The maximum atomic E-state index is 13.3. The van der Waals surface area contributed by atoms with Crippen LogP contribution in [0.25, 0.3) is 10.8 Å². The molecule has 162 valence electrons. The van der Waals surface area contributed by atoms with E-state index in [0.717, 1.165) is 11.1 Å². The highest BCUT2D eigenvalue weighted by molar-refractivity contribution is 7.89. The van der Waals surface area contributed by atoms with Crippen LogP contribution in [-0.4, -0.2) is 44.6 Å². The Kier molecular flexibility index (Phi) is 5.34. The normalized spacial score (nSPS) is 25.1. The van der Waals surface area contributed by atoms with Gasteiger partial charge in [-0.25, -0.2) is 8.42 Å². The molecule has 0 aromatic heterocycles. The van der Waals surface area contributed by atoms with Crippen molar-refractivity contribution in [3.05, 3.63) is 77.9 Å². The molecule has 0 unspecified atom stereocenters. The molecule has 6 heteroatoms. The van der Waals surface area contributed by atoms with Gasteiger partial charge in [-0.2, -0.15) is 4.31 Å². The molecule has 5 rings (SSSR count). The second kappa shape index (κ2) is 8.02. The second-order valence-corrected chi connectivity index (χ2v) is 10.5. The molecule has 3 aromatic rings. The van der Waals surface area contributed by atoms with E-state index >= 15 is 0 Å². The third kappa shape index (κ3) is 3.89. The predicted octanol–water partition coefficient (Wildman–Crippen LogP) is 4.46. The van der Waals surface area contributed by atoms with E-state index in [1.807, 2.05) is 31.2 Å². The summed E-state index contributed by atoms with van der Waals surface area (Å²) < 4.78 is 40.6. The number of benzene rings is 3. The van der Waals surface area contributed by atoms with Crippen LogP contribution in [0, 0.1) is 6.92 Å². The SMILES string of the molecule is Cc1ccc(S(=O)(=O)N2CCO[C@]3(CCO[C@@H](c4cccc5ccccc45)C3)C2)cc1. The molecular formula is C25H27NO4S. The highest BCUT2D eigenvalue weighted by Crippen LogP contribution is 2.41. The maximum Gasteiger partial charge on any atom is 0.243 e. The van der Waals surface area contributed by atoms with E-state index in [9.17, 15) is 8.42 Å². The quantitative estimate of drug-likeness (QED) is 0.607. The van der Waals surface area contributed by atoms with Crippen LogP contribution in [0.15, 0.2) is 71.6 Å². The zero-order chi connectivity index (χ0) is 21.5. The summed E-state index contributed by atoms with van der Waals surface area (Å²) in [6.45, 7) is 3.63. The van der Waals surface area contributed by atoms with Crippen molar-refractivity contribution in [1.29, 1.82) is 0 Å². The van der Waals surface area contributed by atoms with E-state index in [4.69, 9.17) is 9.47 Å². The van der Waals surface area contributed by atoms with Crippen LogP contribution in [0.1, 0.15) is 30.1 Å². The number of hydrogen-bond acceptors (Lipinski definition) is 4. The van der Waals surface area contributed by atoms with Crippen molar-refractivity contribution >= 4 is 20.8 Å². The van der Waals surface area contributed by atoms with E-state index in [1.165, 1.54) is 10.8 Å². The van der Waals surface area contributed by atoms with E-state index in [1.54, 1.807) is 16.4 Å². The van der Waals surface area contributed by atoms with Crippen molar-refractivity contribution in [2.75, 3.05) is 26.3 Å². The summed E-state index contributed by atoms with van der Waals surface area (Å²) in [7, 11) is -3.56. The van der Waals surface area contributed by atoms with Gasteiger partial charge in [-0.1, -0.05) is 60.2 Å². The van der Waals surface area contributed by atoms with Gasteiger partial charge in [-0.15, -0.1) is 0 Å². The molecule has 1 spiro atoms. The molecule has 2 atom stereocenters. The lowest BCUT2D eigenvalue weighted by Gasteiger charge is -2.46. The lowest BCUT2D eigenvalue weighted by molar-refractivity contribution is -0.163. The maximum absolute atomic E-state index is 13.3. The number of sulfonamides is 1. The highest BCUT2D eigenvalue weighted by Gasteiger charge is 2.45. The first-order chi connectivity index (χ1) is 15.0. The van der Waals surface area contributed by atoms with Gasteiger partial charge in [0.15, 0.2) is 0 Å². The molecule has 0 bridgehead atoms. The van der Waals surface area contributed by atoms with E-state index in [2.05, 4.69) is 30.3 Å². The number of rotatable bonds is 3. The Hall–Kier alpha value is -2.25. The average Bonchev–Trinajstić information content (AvgIpc) is 2.79. The average molecular weight is 438 g/mol. The minimum absolute atomic E-state index is 0.123. The molecule has 2 fully saturated rings. The Morgan fingerprint density at radius 2 is 1.74 bits per heavy atom. The van der Waals surface area contributed by atoms with Gasteiger partial charge < -0.3 is 9.47 Å². The molecular weight excluding hydrogens is 410 g/mol. The van der Waals surface area contributed by atoms with Gasteiger partial charge in [0.2, 0.25) is 10.0 Å². The Bertz CT molecular complexity index is 1180. The zero-order valence-electron chi connectivity index (χ0n) is 17.7. The lowest BCUT2D eigenvalue weighted by atomic mass is 9.85. The molecule has 5 nitrogen and oxygen atoms in total. The second-order valence-electron chi connectivity index (χ2n) is 8.57. The standard InChI is InChI=1S/C25H27NO4S/c1-19-9-11-21(12-10-19)31(27,28)26-14-16-30-25(18-26)13-15-29-24(17-25)23-8-4-6-20-5-2-3-7-22(20)23/h2-12,24H,13-18H2,1H3/t24-,25+/m1/s1. The Morgan fingerprint density at radius 3 is 2.58 bits per heavy atom. The van der Waals surface area contributed by atoms with Gasteiger partial charge in [0.25, 0.3) is 0 Å². The fraction of sp³-hybridized carbons (Fsp3) is 0.360. The number of ether oxygens (including phenoxy) is 2. The van der Waals surface area contributed by atoms with Gasteiger partial charge in [0.1, 0.15) is 0 Å². The molecule has 31 heavy (non-hydrogen) atoms. The summed E-state index contributed by atoms with van der Waals surface area (Å²) in [6, 6.07) is 21.6. The summed E-state index contributed by atoms with van der Waals surface area (Å²) in [4.78, 5) is 0.341. The van der Waals surface area contributed by atoms with Gasteiger partial charge in [-0.3, -0.25) is 0 Å². The van der Waals surface area contributed by atoms with Crippen LogP contribution >= 0.6 is 0 Å². The topological polar surface area (TPSA) is 55.8 Å². The zero-order valence-corrected chi connectivity index (χ0v) is 18.5. The van der Waals surface area contributed by atoms with Crippen molar-refractivity contribution in [2.24, 2.45) is 0 Å². The number of morpholine rings is 1. The van der Waals surface area contributed by atoms with Gasteiger partial charge in [-0.05, 0) is 35.4 Å². The highest BCUT2D eigenvalue weighted by atomic mass is 32.2. The molecule has 2 heterocycles. The molecule has 0 radical (unpaired) electrons. The smallest absolute Gasteiger partial charge is 0.243 e. The number of fused-ring (bicyclic) bond motifs is 1. The fourth-order valence-electron chi connectivity index (χ4n) is 4.77. The van der Waals surface area contributed by atoms with Crippen LogP contribution < -0.4 is 0 Å². The summed E-state index contributed by atoms with van der Waals surface area (Å²) >= 11 is 0. The number of nitrogens with zero attached hydrogens (tertiary/aromatic N) is 1. The van der Waals surface area contributed by atoms with Gasteiger partial charge in [0, 0.05) is 25.9 Å². The summed E-state index contributed by atoms with van der Waals surface area (Å²) in [6.07, 6.45) is 1.21. The molecule has 0 saturated carbocycles. The summed E-state index contributed by atoms with van der Waals surface area (Å²) in [5, 5.41) is 2.35. The molecule has 3 aromatic carbocycles. The molecule has 0 N–H and O–H groups in total. The van der Waals surface area contributed by atoms with Crippen molar-refractivity contribution < 1.29 is 17.9 Å². The van der Waals surface area contributed by atoms with Gasteiger partial charge >= 0.3 is 0 Å². The lowest BCUT2D eigenvalue weighted by Crippen LogP contribution is -2.56. The summed E-state index contributed by atoms with van der Waals surface area (Å²) in [5.41, 5.74) is 1.65. The monoisotopic (exact) mass is 437 g/mol. The largest absolute Gasteiger partial charge is 0.373 e.